The molecule has 0 aliphatic rings. The molecule has 110 valence electrons. The van der Waals surface area contributed by atoms with Gasteiger partial charge in [0.1, 0.15) is 5.75 Å². The summed E-state index contributed by atoms with van der Waals surface area (Å²) < 4.78 is 5.71. The van der Waals surface area contributed by atoms with Crippen molar-refractivity contribution in [2.45, 2.75) is 51.9 Å². The first-order valence-corrected chi connectivity index (χ1v) is 7.03. The Balaban J connectivity index is 0.00000324. The molecule has 0 aromatic heterocycles. The molecule has 0 aliphatic heterocycles. The Morgan fingerprint density at radius 1 is 1.05 bits per heavy atom. The van der Waals surface area contributed by atoms with Gasteiger partial charge in [-0.1, -0.05) is 32.9 Å². The second-order valence-electron chi connectivity index (χ2n) is 5.46. The monoisotopic (exact) mass is 285 g/mol. The molecule has 0 heterocycles. The molecule has 0 fully saturated rings. The number of hydrogen-bond acceptors (Lipinski definition) is 2. The molecule has 0 aliphatic carbocycles. The number of hydrogen-bond donors (Lipinski definition) is 1. The maximum atomic E-state index is 5.71. The Morgan fingerprint density at radius 3 is 2.21 bits per heavy atom. The summed E-state index contributed by atoms with van der Waals surface area (Å²) >= 11 is 0. The summed E-state index contributed by atoms with van der Waals surface area (Å²) in [6, 6.07) is 8.52. The molecular formula is C16H28ClNO. The fraction of sp³-hybridized carbons (Fsp3) is 0.625. The average molecular weight is 286 g/mol. The third kappa shape index (κ3) is 6.31. The molecule has 1 rings (SSSR count). The first kappa shape index (κ1) is 18.3. The van der Waals surface area contributed by atoms with Gasteiger partial charge in [0.05, 0.1) is 6.61 Å². The number of nitrogens with two attached hydrogens (primary N) is 1. The van der Waals surface area contributed by atoms with E-state index in [4.69, 9.17) is 10.5 Å². The minimum atomic E-state index is 0. The number of benzene rings is 1. The molecule has 1 aromatic rings. The zero-order chi connectivity index (χ0) is 13.4. The van der Waals surface area contributed by atoms with Gasteiger partial charge in [-0.15, -0.1) is 12.4 Å². The summed E-state index contributed by atoms with van der Waals surface area (Å²) in [6.45, 7) is 8.34. The van der Waals surface area contributed by atoms with Gasteiger partial charge >= 0.3 is 0 Å². The van der Waals surface area contributed by atoms with Crippen molar-refractivity contribution in [2.75, 3.05) is 13.2 Å². The zero-order valence-electron chi connectivity index (χ0n) is 12.4. The second kappa shape index (κ2) is 9.22. The molecule has 2 nitrogen and oxygen atoms in total. The van der Waals surface area contributed by atoms with Gasteiger partial charge in [-0.05, 0) is 55.3 Å². The molecule has 2 N–H and O–H groups in total. The van der Waals surface area contributed by atoms with Gasteiger partial charge in [-0.2, -0.15) is 0 Å². The van der Waals surface area contributed by atoms with Crippen LogP contribution in [0.2, 0.25) is 0 Å². The fourth-order valence-electron chi connectivity index (χ4n) is 1.82. The van der Waals surface area contributed by atoms with Crippen molar-refractivity contribution in [3.8, 4) is 5.75 Å². The lowest BCUT2D eigenvalue weighted by Gasteiger charge is -2.23. The summed E-state index contributed by atoms with van der Waals surface area (Å²) in [5.41, 5.74) is 7.08. The van der Waals surface area contributed by atoms with Crippen molar-refractivity contribution in [1.82, 2.24) is 0 Å². The van der Waals surface area contributed by atoms with Crippen molar-refractivity contribution < 1.29 is 4.74 Å². The maximum absolute atomic E-state index is 5.71. The highest BCUT2D eigenvalue weighted by atomic mass is 35.5. The smallest absolute Gasteiger partial charge is 0.119 e. The van der Waals surface area contributed by atoms with Gasteiger partial charge in [0.15, 0.2) is 0 Å². The van der Waals surface area contributed by atoms with E-state index in [-0.39, 0.29) is 17.8 Å². The van der Waals surface area contributed by atoms with Gasteiger partial charge in [0.2, 0.25) is 0 Å². The Kier molecular flexibility index (Phi) is 8.86. The predicted octanol–water partition coefficient (Wildman–Crippen LogP) is 4.30. The number of unbranched alkanes of at least 4 members (excludes halogenated alkanes) is 2. The molecular weight excluding hydrogens is 258 g/mol. The highest BCUT2D eigenvalue weighted by Gasteiger charge is 2.17. The van der Waals surface area contributed by atoms with Crippen molar-refractivity contribution in [1.29, 1.82) is 0 Å². The van der Waals surface area contributed by atoms with Crippen molar-refractivity contribution in [2.24, 2.45) is 5.73 Å². The van der Waals surface area contributed by atoms with Gasteiger partial charge in [-0.3, -0.25) is 0 Å². The van der Waals surface area contributed by atoms with Crippen LogP contribution in [0.1, 0.15) is 52.0 Å². The number of ether oxygens (including phenoxy) is 1. The van der Waals surface area contributed by atoms with Gasteiger partial charge in [0, 0.05) is 0 Å². The van der Waals surface area contributed by atoms with Crippen LogP contribution in [0, 0.1) is 0 Å². The van der Waals surface area contributed by atoms with Crippen LogP contribution in [-0.2, 0) is 5.41 Å². The number of halogens is 1. The van der Waals surface area contributed by atoms with Crippen LogP contribution in [0.25, 0.3) is 0 Å². The molecule has 0 unspecified atom stereocenters. The third-order valence-corrected chi connectivity index (χ3v) is 3.64. The van der Waals surface area contributed by atoms with E-state index in [0.717, 1.165) is 44.6 Å². The molecule has 0 bridgehead atoms. The molecule has 0 saturated heterocycles. The fourth-order valence-corrected chi connectivity index (χ4v) is 1.82. The van der Waals surface area contributed by atoms with Crippen LogP contribution < -0.4 is 10.5 Å². The second-order valence-corrected chi connectivity index (χ2v) is 5.46. The van der Waals surface area contributed by atoms with Crippen LogP contribution in [0.5, 0.6) is 5.75 Å². The summed E-state index contributed by atoms with van der Waals surface area (Å²) in [4.78, 5) is 0. The Hall–Kier alpha value is -0.730. The molecule has 0 atom stereocenters. The van der Waals surface area contributed by atoms with E-state index in [2.05, 4.69) is 45.0 Å². The van der Waals surface area contributed by atoms with Gasteiger partial charge in [0.25, 0.3) is 0 Å². The summed E-state index contributed by atoms with van der Waals surface area (Å²) in [5.74, 6) is 0.971. The highest BCUT2D eigenvalue weighted by molar-refractivity contribution is 5.85. The molecule has 0 amide bonds. The van der Waals surface area contributed by atoms with Crippen molar-refractivity contribution in [3.63, 3.8) is 0 Å². The Morgan fingerprint density at radius 2 is 1.68 bits per heavy atom. The highest BCUT2D eigenvalue weighted by Crippen LogP contribution is 2.28. The van der Waals surface area contributed by atoms with E-state index < -0.39 is 0 Å². The largest absolute Gasteiger partial charge is 0.494 e. The van der Waals surface area contributed by atoms with Crippen molar-refractivity contribution in [3.05, 3.63) is 29.8 Å². The molecule has 3 heteroatoms. The lowest BCUT2D eigenvalue weighted by atomic mass is 9.82. The SMILES string of the molecule is CCC(C)(C)c1ccc(OCCCCCN)cc1.Cl. The van der Waals surface area contributed by atoms with Gasteiger partial charge in [-0.25, -0.2) is 0 Å². The van der Waals surface area contributed by atoms with E-state index in [9.17, 15) is 0 Å². The third-order valence-electron chi connectivity index (χ3n) is 3.64. The Labute approximate surface area is 124 Å². The van der Waals surface area contributed by atoms with E-state index in [1.54, 1.807) is 0 Å². The first-order chi connectivity index (χ1) is 8.60. The zero-order valence-corrected chi connectivity index (χ0v) is 13.3. The minimum Gasteiger partial charge on any atom is -0.494 e. The van der Waals surface area contributed by atoms with E-state index >= 15 is 0 Å². The van der Waals surface area contributed by atoms with Crippen LogP contribution in [-0.4, -0.2) is 13.2 Å². The quantitative estimate of drug-likeness (QED) is 0.723. The lowest BCUT2D eigenvalue weighted by Crippen LogP contribution is -2.15. The molecule has 0 saturated carbocycles. The lowest BCUT2D eigenvalue weighted by molar-refractivity contribution is 0.305. The van der Waals surface area contributed by atoms with Crippen LogP contribution in [0.4, 0.5) is 0 Å². The van der Waals surface area contributed by atoms with Gasteiger partial charge < -0.3 is 10.5 Å². The van der Waals surface area contributed by atoms with E-state index in [1.807, 2.05) is 0 Å². The summed E-state index contributed by atoms with van der Waals surface area (Å²) in [6.07, 6.45) is 4.47. The summed E-state index contributed by atoms with van der Waals surface area (Å²) in [7, 11) is 0. The average Bonchev–Trinajstić information content (AvgIpc) is 2.39. The molecule has 0 radical (unpaired) electrons. The van der Waals surface area contributed by atoms with E-state index in [0.29, 0.717) is 0 Å². The molecule has 1 aromatic carbocycles. The standard InChI is InChI=1S/C16H27NO.ClH/c1-4-16(2,3)14-8-10-15(11-9-14)18-13-7-5-6-12-17;/h8-11H,4-7,12-13,17H2,1-3H3;1H. The first-order valence-electron chi connectivity index (χ1n) is 7.03. The Bertz CT molecular complexity index is 335. The normalized spacial score (nSPS) is 10.9. The van der Waals surface area contributed by atoms with Crippen molar-refractivity contribution >= 4 is 12.4 Å². The number of rotatable bonds is 8. The topological polar surface area (TPSA) is 35.2 Å². The molecule has 0 spiro atoms. The predicted molar refractivity (Wildman–Crippen MR) is 85.4 cm³/mol. The van der Waals surface area contributed by atoms with Crippen LogP contribution in [0.3, 0.4) is 0 Å². The van der Waals surface area contributed by atoms with Crippen LogP contribution in [0.15, 0.2) is 24.3 Å². The minimum absolute atomic E-state index is 0. The van der Waals surface area contributed by atoms with E-state index in [1.165, 1.54) is 5.56 Å². The summed E-state index contributed by atoms with van der Waals surface area (Å²) in [5, 5.41) is 0. The maximum Gasteiger partial charge on any atom is 0.119 e. The van der Waals surface area contributed by atoms with Crippen LogP contribution >= 0.6 is 12.4 Å². The molecule has 19 heavy (non-hydrogen) atoms.